The molecule has 120 valence electrons. The van der Waals surface area contributed by atoms with Crippen molar-refractivity contribution >= 4 is 17.3 Å². The second kappa shape index (κ2) is 6.24. The van der Waals surface area contributed by atoms with Crippen molar-refractivity contribution in [3.8, 4) is 5.88 Å². The Kier molecular flexibility index (Phi) is 4.14. The van der Waals surface area contributed by atoms with E-state index in [9.17, 15) is 9.18 Å². The first kappa shape index (κ1) is 15.3. The Bertz CT molecular complexity index is 736. The van der Waals surface area contributed by atoms with E-state index < -0.39 is 5.82 Å². The molecule has 6 heteroatoms. The van der Waals surface area contributed by atoms with Gasteiger partial charge >= 0.3 is 0 Å². The second-order valence-electron chi connectivity index (χ2n) is 5.34. The number of carbonyl (C=O) groups excluding carboxylic acids is 1. The zero-order valence-corrected chi connectivity index (χ0v) is 13.1. The third-order valence-corrected chi connectivity index (χ3v) is 3.86. The van der Waals surface area contributed by atoms with Gasteiger partial charge in [-0.05, 0) is 18.6 Å². The Hall–Kier alpha value is -2.63. The van der Waals surface area contributed by atoms with Crippen molar-refractivity contribution in [2.75, 3.05) is 30.0 Å². The number of anilines is 2. The Morgan fingerprint density at radius 2 is 2.04 bits per heavy atom. The minimum atomic E-state index is -0.469. The molecule has 0 radical (unpaired) electrons. The number of para-hydroxylation sites is 1. The summed E-state index contributed by atoms with van der Waals surface area (Å²) in [6.07, 6.45) is 1.13. The van der Waals surface area contributed by atoms with Gasteiger partial charge in [0.2, 0.25) is 11.8 Å². The summed E-state index contributed by atoms with van der Waals surface area (Å²) < 4.78 is 19.6. The molecule has 1 amide bonds. The molecule has 23 heavy (non-hydrogen) atoms. The van der Waals surface area contributed by atoms with Gasteiger partial charge in [0.25, 0.3) is 0 Å². The predicted octanol–water partition coefficient (Wildman–Crippen LogP) is 2.60. The highest BCUT2D eigenvalue weighted by atomic mass is 19.1. The molecule has 0 saturated heterocycles. The maximum atomic E-state index is 14.2. The standard InChI is InChI=1S/C17H18FN3O2/c1-3-23-16-8-15(13(18)9-19-16)21-10-12-6-4-5-7-14(12)20(2)17(22)11-21/h4-9H,3,10-11H2,1-2H3. The number of halogens is 1. The number of nitrogens with zero attached hydrogens (tertiary/aromatic N) is 3. The molecule has 1 aromatic carbocycles. The van der Waals surface area contributed by atoms with Crippen LogP contribution < -0.4 is 14.5 Å². The fourth-order valence-electron chi connectivity index (χ4n) is 2.69. The fourth-order valence-corrected chi connectivity index (χ4v) is 2.69. The van der Waals surface area contributed by atoms with Crippen molar-refractivity contribution in [1.82, 2.24) is 4.98 Å². The van der Waals surface area contributed by atoms with Gasteiger partial charge in [0, 0.05) is 25.3 Å². The molecule has 0 spiro atoms. The third kappa shape index (κ3) is 2.97. The lowest BCUT2D eigenvalue weighted by molar-refractivity contribution is -0.117. The lowest BCUT2D eigenvalue weighted by Gasteiger charge is -2.23. The molecule has 0 saturated carbocycles. The average molecular weight is 315 g/mol. The maximum Gasteiger partial charge on any atom is 0.246 e. The second-order valence-corrected chi connectivity index (χ2v) is 5.34. The van der Waals surface area contributed by atoms with Crippen LogP contribution in [0.5, 0.6) is 5.88 Å². The molecule has 0 N–H and O–H groups in total. The highest BCUT2D eigenvalue weighted by Crippen LogP contribution is 2.30. The summed E-state index contributed by atoms with van der Waals surface area (Å²) in [6.45, 7) is 2.82. The van der Waals surface area contributed by atoms with E-state index in [4.69, 9.17) is 4.74 Å². The number of hydrogen-bond donors (Lipinski definition) is 0. The largest absolute Gasteiger partial charge is 0.478 e. The fraction of sp³-hybridized carbons (Fsp3) is 0.294. The molecular formula is C17H18FN3O2. The first-order valence-electron chi connectivity index (χ1n) is 7.48. The van der Waals surface area contributed by atoms with E-state index in [1.165, 1.54) is 0 Å². The summed E-state index contributed by atoms with van der Waals surface area (Å²) in [5, 5.41) is 0. The van der Waals surface area contributed by atoms with Crippen LogP contribution in [0.4, 0.5) is 15.8 Å². The van der Waals surface area contributed by atoms with Crippen LogP contribution in [0.3, 0.4) is 0 Å². The van der Waals surface area contributed by atoms with E-state index in [0.717, 1.165) is 17.4 Å². The molecule has 0 aliphatic carbocycles. The van der Waals surface area contributed by atoms with Crippen LogP contribution >= 0.6 is 0 Å². The summed E-state index contributed by atoms with van der Waals surface area (Å²) in [7, 11) is 1.74. The van der Waals surface area contributed by atoms with Gasteiger partial charge in [0.1, 0.15) is 0 Å². The number of fused-ring (bicyclic) bond motifs is 1. The first-order valence-corrected chi connectivity index (χ1v) is 7.48. The van der Waals surface area contributed by atoms with E-state index in [1.54, 1.807) is 22.9 Å². The Morgan fingerprint density at radius 1 is 1.26 bits per heavy atom. The number of hydrogen-bond acceptors (Lipinski definition) is 4. The lowest BCUT2D eigenvalue weighted by Crippen LogP contribution is -2.35. The number of likely N-dealkylation sites (N-methyl/N-ethyl adjacent to an activating group) is 1. The Labute approximate surface area is 134 Å². The van der Waals surface area contributed by atoms with E-state index in [1.807, 2.05) is 31.2 Å². The highest BCUT2D eigenvalue weighted by Gasteiger charge is 2.25. The van der Waals surface area contributed by atoms with Crippen LogP contribution in [-0.2, 0) is 11.3 Å². The zero-order valence-electron chi connectivity index (χ0n) is 13.1. The third-order valence-electron chi connectivity index (χ3n) is 3.86. The van der Waals surface area contributed by atoms with Crippen LogP contribution in [0, 0.1) is 5.82 Å². The monoisotopic (exact) mass is 315 g/mol. The molecule has 0 atom stereocenters. The molecule has 2 heterocycles. The average Bonchev–Trinajstić information content (AvgIpc) is 2.67. The Morgan fingerprint density at radius 3 is 2.83 bits per heavy atom. The molecule has 1 aromatic heterocycles. The Balaban J connectivity index is 2.01. The van der Waals surface area contributed by atoms with Gasteiger partial charge in [0.05, 0.1) is 25.0 Å². The van der Waals surface area contributed by atoms with Gasteiger partial charge in [-0.1, -0.05) is 18.2 Å². The predicted molar refractivity (Wildman–Crippen MR) is 86.3 cm³/mol. The molecule has 5 nitrogen and oxygen atoms in total. The van der Waals surface area contributed by atoms with Crippen molar-refractivity contribution in [2.45, 2.75) is 13.5 Å². The maximum absolute atomic E-state index is 14.2. The summed E-state index contributed by atoms with van der Waals surface area (Å²) >= 11 is 0. The van der Waals surface area contributed by atoms with Crippen LogP contribution in [0.1, 0.15) is 12.5 Å². The molecule has 2 aromatic rings. The molecular weight excluding hydrogens is 297 g/mol. The number of ether oxygens (including phenoxy) is 1. The van der Waals surface area contributed by atoms with E-state index in [0.29, 0.717) is 24.7 Å². The van der Waals surface area contributed by atoms with Gasteiger partial charge in [-0.25, -0.2) is 9.37 Å². The normalized spacial score (nSPS) is 14.5. The smallest absolute Gasteiger partial charge is 0.246 e. The van der Waals surface area contributed by atoms with Crippen molar-refractivity contribution in [1.29, 1.82) is 0 Å². The molecule has 3 rings (SSSR count). The van der Waals surface area contributed by atoms with Crippen LogP contribution in [0.15, 0.2) is 36.5 Å². The SMILES string of the molecule is CCOc1cc(N2CC(=O)N(C)c3ccccc3C2)c(F)cn1. The zero-order chi connectivity index (χ0) is 16.4. The van der Waals surface area contributed by atoms with Crippen LogP contribution in [0.2, 0.25) is 0 Å². The van der Waals surface area contributed by atoms with Crippen molar-refractivity contribution < 1.29 is 13.9 Å². The summed E-state index contributed by atoms with van der Waals surface area (Å²) in [4.78, 5) is 19.6. The van der Waals surface area contributed by atoms with Crippen molar-refractivity contribution in [3.05, 3.63) is 47.9 Å². The van der Waals surface area contributed by atoms with Crippen LogP contribution in [0.25, 0.3) is 0 Å². The van der Waals surface area contributed by atoms with Crippen molar-refractivity contribution in [2.24, 2.45) is 0 Å². The quantitative estimate of drug-likeness (QED) is 0.873. The topological polar surface area (TPSA) is 45.7 Å². The molecule has 0 unspecified atom stereocenters. The lowest BCUT2D eigenvalue weighted by atomic mass is 10.1. The van der Waals surface area contributed by atoms with E-state index in [-0.39, 0.29) is 12.5 Å². The first-order chi connectivity index (χ1) is 11.1. The van der Waals surface area contributed by atoms with Gasteiger partial charge in [0.15, 0.2) is 5.82 Å². The molecule has 1 aliphatic rings. The number of benzene rings is 1. The minimum absolute atomic E-state index is 0.0934. The van der Waals surface area contributed by atoms with E-state index >= 15 is 0 Å². The minimum Gasteiger partial charge on any atom is -0.478 e. The number of pyridine rings is 1. The van der Waals surface area contributed by atoms with Crippen molar-refractivity contribution in [3.63, 3.8) is 0 Å². The van der Waals surface area contributed by atoms with Gasteiger partial charge < -0.3 is 14.5 Å². The summed E-state index contributed by atoms with van der Waals surface area (Å²) in [5.74, 6) is -0.213. The van der Waals surface area contributed by atoms with Gasteiger partial charge in [-0.2, -0.15) is 0 Å². The molecule has 1 aliphatic heterocycles. The molecule has 0 bridgehead atoms. The van der Waals surface area contributed by atoms with Gasteiger partial charge in [-0.3, -0.25) is 4.79 Å². The summed E-state index contributed by atoms with van der Waals surface area (Å²) in [6, 6.07) is 9.18. The number of amides is 1. The molecule has 0 fully saturated rings. The van der Waals surface area contributed by atoms with Gasteiger partial charge in [-0.15, -0.1) is 0 Å². The van der Waals surface area contributed by atoms with Crippen LogP contribution in [-0.4, -0.2) is 31.1 Å². The number of aromatic nitrogens is 1. The number of rotatable bonds is 3. The highest BCUT2D eigenvalue weighted by molar-refractivity contribution is 5.97. The summed E-state index contributed by atoms with van der Waals surface area (Å²) in [5.41, 5.74) is 2.14. The van der Waals surface area contributed by atoms with E-state index in [2.05, 4.69) is 4.98 Å². The number of carbonyl (C=O) groups is 1.